The fraction of sp³-hybridized carbons (Fsp3) is 0.381. The molecule has 0 fully saturated rings. The van der Waals surface area contributed by atoms with Crippen LogP contribution in [0, 0.1) is 0 Å². The fourth-order valence-corrected chi connectivity index (χ4v) is 2.82. The van der Waals surface area contributed by atoms with Crippen molar-refractivity contribution in [1.82, 2.24) is 5.32 Å². The third-order valence-electron chi connectivity index (χ3n) is 4.43. The number of carbonyl (C=O) groups excluding carboxylic acids is 1. The van der Waals surface area contributed by atoms with Gasteiger partial charge in [-0.15, -0.1) is 0 Å². The van der Waals surface area contributed by atoms with Crippen LogP contribution in [-0.2, 0) is 5.41 Å². The predicted octanol–water partition coefficient (Wildman–Crippen LogP) is 4.25. The first-order chi connectivity index (χ1) is 11.8. The number of carbonyl (C=O) groups is 1. The predicted molar refractivity (Wildman–Crippen MR) is 98.5 cm³/mol. The van der Waals surface area contributed by atoms with Crippen LogP contribution in [0.3, 0.4) is 0 Å². The van der Waals surface area contributed by atoms with Crippen LogP contribution in [0.15, 0.2) is 42.5 Å². The van der Waals surface area contributed by atoms with Crippen molar-refractivity contribution in [2.45, 2.75) is 39.2 Å². The van der Waals surface area contributed by atoms with Crippen molar-refractivity contribution in [2.75, 3.05) is 13.2 Å². The molecule has 2 aromatic rings. The Labute approximate surface area is 149 Å². The molecule has 1 atom stereocenters. The van der Waals surface area contributed by atoms with Crippen LogP contribution >= 0.6 is 0 Å². The van der Waals surface area contributed by atoms with Gasteiger partial charge in [0.1, 0.15) is 13.2 Å². The molecule has 0 saturated heterocycles. The van der Waals surface area contributed by atoms with Gasteiger partial charge in [0.05, 0.1) is 6.04 Å². The van der Waals surface area contributed by atoms with E-state index in [9.17, 15) is 4.79 Å². The summed E-state index contributed by atoms with van der Waals surface area (Å²) >= 11 is 0. The van der Waals surface area contributed by atoms with Gasteiger partial charge in [0, 0.05) is 5.56 Å². The van der Waals surface area contributed by atoms with Gasteiger partial charge in [0.25, 0.3) is 5.91 Å². The van der Waals surface area contributed by atoms with Crippen molar-refractivity contribution >= 4 is 5.91 Å². The van der Waals surface area contributed by atoms with Crippen molar-refractivity contribution in [3.63, 3.8) is 0 Å². The molecule has 1 unspecified atom stereocenters. The lowest BCUT2D eigenvalue weighted by Gasteiger charge is -2.21. The van der Waals surface area contributed by atoms with E-state index >= 15 is 0 Å². The van der Waals surface area contributed by atoms with Gasteiger partial charge in [-0.3, -0.25) is 4.79 Å². The van der Waals surface area contributed by atoms with Crippen LogP contribution in [0.4, 0.5) is 0 Å². The second-order valence-corrected chi connectivity index (χ2v) is 7.43. The zero-order valence-corrected chi connectivity index (χ0v) is 15.3. The van der Waals surface area contributed by atoms with Gasteiger partial charge in [-0.25, -0.2) is 0 Å². The Morgan fingerprint density at radius 1 is 1.00 bits per heavy atom. The summed E-state index contributed by atoms with van der Waals surface area (Å²) in [6, 6.07) is 13.6. The zero-order valence-electron chi connectivity index (χ0n) is 15.3. The normalized spacial score (nSPS) is 14.7. The van der Waals surface area contributed by atoms with E-state index in [4.69, 9.17) is 9.47 Å². The summed E-state index contributed by atoms with van der Waals surface area (Å²) < 4.78 is 11.0. The average molecular weight is 339 g/mol. The largest absolute Gasteiger partial charge is 0.486 e. The summed E-state index contributed by atoms with van der Waals surface area (Å²) in [5.74, 6) is 1.19. The molecular weight excluding hydrogens is 314 g/mol. The van der Waals surface area contributed by atoms with Crippen molar-refractivity contribution in [3.8, 4) is 11.5 Å². The third kappa shape index (κ3) is 3.95. The van der Waals surface area contributed by atoms with E-state index in [-0.39, 0.29) is 17.4 Å². The molecule has 1 amide bonds. The van der Waals surface area contributed by atoms with Gasteiger partial charge in [-0.2, -0.15) is 0 Å². The van der Waals surface area contributed by atoms with E-state index in [1.54, 1.807) is 18.2 Å². The number of hydrogen-bond acceptors (Lipinski definition) is 3. The number of hydrogen-bond donors (Lipinski definition) is 1. The van der Waals surface area contributed by atoms with Crippen molar-refractivity contribution in [3.05, 3.63) is 59.2 Å². The Balaban J connectivity index is 1.70. The molecule has 0 radical (unpaired) electrons. The molecule has 1 aliphatic heterocycles. The molecule has 2 aromatic carbocycles. The second-order valence-electron chi connectivity index (χ2n) is 7.43. The van der Waals surface area contributed by atoms with Crippen molar-refractivity contribution in [2.24, 2.45) is 0 Å². The maximum absolute atomic E-state index is 12.5. The topological polar surface area (TPSA) is 47.6 Å². The van der Waals surface area contributed by atoms with Crippen molar-refractivity contribution < 1.29 is 14.3 Å². The van der Waals surface area contributed by atoms with Gasteiger partial charge in [-0.1, -0.05) is 45.0 Å². The first kappa shape index (κ1) is 17.3. The first-order valence-corrected chi connectivity index (χ1v) is 8.65. The number of amides is 1. The Hall–Kier alpha value is -2.49. The fourth-order valence-electron chi connectivity index (χ4n) is 2.82. The number of ether oxygens (including phenoxy) is 2. The van der Waals surface area contributed by atoms with E-state index in [0.29, 0.717) is 30.3 Å². The summed E-state index contributed by atoms with van der Waals surface area (Å²) in [6.07, 6.45) is 0. The van der Waals surface area contributed by atoms with E-state index in [2.05, 4.69) is 50.4 Å². The highest BCUT2D eigenvalue weighted by Crippen LogP contribution is 2.31. The van der Waals surface area contributed by atoms with Crippen molar-refractivity contribution in [1.29, 1.82) is 0 Å². The summed E-state index contributed by atoms with van der Waals surface area (Å²) in [5, 5.41) is 3.04. The van der Waals surface area contributed by atoms with Crippen LogP contribution in [0.5, 0.6) is 11.5 Å². The molecule has 25 heavy (non-hydrogen) atoms. The third-order valence-corrected chi connectivity index (χ3v) is 4.43. The van der Waals surface area contributed by atoms with Gasteiger partial charge in [0.2, 0.25) is 0 Å². The lowest BCUT2D eigenvalue weighted by molar-refractivity contribution is 0.0938. The standard InChI is InChI=1S/C21H25NO3/c1-14(15-5-8-17(9-6-15)21(2,3)4)22-20(23)16-7-10-18-19(13-16)25-12-11-24-18/h5-10,13-14H,11-12H2,1-4H3,(H,22,23). The highest BCUT2D eigenvalue weighted by molar-refractivity contribution is 5.95. The number of benzene rings is 2. The quantitative estimate of drug-likeness (QED) is 0.909. The highest BCUT2D eigenvalue weighted by Gasteiger charge is 2.18. The van der Waals surface area contributed by atoms with Crippen LogP contribution in [0.2, 0.25) is 0 Å². The summed E-state index contributed by atoms with van der Waals surface area (Å²) in [5.41, 5.74) is 3.05. The Morgan fingerprint density at radius 2 is 1.64 bits per heavy atom. The van der Waals surface area contributed by atoms with Gasteiger partial charge in [0.15, 0.2) is 11.5 Å². The SMILES string of the molecule is CC(NC(=O)c1ccc2c(c1)OCCO2)c1ccc(C(C)(C)C)cc1. The highest BCUT2D eigenvalue weighted by atomic mass is 16.6. The van der Waals surface area contributed by atoms with Crippen LogP contribution < -0.4 is 14.8 Å². The lowest BCUT2D eigenvalue weighted by atomic mass is 9.86. The van der Waals surface area contributed by atoms with Gasteiger partial charge in [-0.05, 0) is 41.7 Å². The average Bonchev–Trinajstić information content (AvgIpc) is 2.60. The van der Waals surface area contributed by atoms with Crippen LogP contribution in [0.1, 0.15) is 55.2 Å². The monoisotopic (exact) mass is 339 g/mol. The molecule has 1 N–H and O–H groups in total. The number of fused-ring (bicyclic) bond motifs is 1. The minimum absolute atomic E-state index is 0.0743. The molecule has 3 rings (SSSR count). The molecular formula is C21H25NO3. The van der Waals surface area contributed by atoms with Gasteiger partial charge >= 0.3 is 0 Å². The molecule has 1 aliphatic rings. The van der Waals surface area contributed by atoms with E-state index in [0.717, 1.165) is 5.56 Å². The molecule has 132 valence electrons. The molecule has 0 aliphatic carbocycles. The zero-order chi connectivity index (χ0) is 18.0. The number of rotatable bonds is 3. The minimum atomic E-state index is -0.121. The van der Waals surface area contributed by atoms with E-state index in [1.165, 1.54) is 5.56 Å². The maximum atomic E-state index is 12.5. The second kappa shape index (κ2) is 6.79. The smallest absolute Gasteiger partial charge is 0.251 e. The maximum Gasteiger partial charge on any atom is 0.251 e. The summed E-state index contributed by atoms with van der Waals surface area (Å²) in [4.78, 5) is 12.5. The molecule has 0 bridgehead atoms. The van der Waals surface area contributed by atoms with Crippen LogP contribution in [-0.4, -0.2) is 19.1 Å². The summed E-state index contributed by atoms with van der Waals surface area (Å²) in [7, 11) is 0. The first-order valence-electron chi connectivity index (χ1n) is 8.65. The molecule has 0 spiro atoms. The van der Waals surface area contributed by atoms with Crippen LogP contribution in [0.25, 0.3) is 0 Å². The molecule has 0 saturated carbocycles. The number of nitrogens with one attached hydrogen (secondary N) is 1. The molecule has 4 heteroatoms. The Morgan fingerprint density at radius 3 is 2.28 bits per heavy atom. The van der Waals surface area contributed by atoms with E-state index < -0.39 is 0 Å². The Bertz CT molecular complexity index is 760. The molecule has 4 nitrogen and oxygen atoms in total. The lowest BCUT2D eigenvalue weighted by Crippen LogP contribution is -2.27. The molecule has 1 heterocycles. The Kier molecular flexibility index (Phi) is 4.71. The molecule has 0 aromatic heterocycles. The summed E-state index contributed by atoms with van der Waals surface area (Å²) in [6.45, 7) is 9.61. The van der Waals surface area contributed by atoms with E-state index in [1.807, 2.05) is 6.92 Å². The minimum Gasteiger partial charge on any atom is -0.486 e. The van der Waals surface area contributed by atoms with Gasteiger partial charge < -0.3 is 14.8 Å².